The van der Waals surface area contributed by atoms with E-state index in [-0.39, 0.29) is 0 Å². The van der Waals surface area contributed by atoms with Crippen molar-refractivity contribution in [3.05, 3.63) is 35.4 Å². The molecule has 1 heteroatoms. The molecule has 98 valence electrons. The first kappa shape index (κ1) is 12.2. The zero-order valence-corrected chi connectivity index (χ0v) is 11.5. The number of nitrogens with one attached hydrogen (secondary N) is 1. The number of hydrogen-bond acceptors (Lipinski definition) is 1. The van der Waals surface area contributed by atoms with Crippen LogP contribution < -0.4 is 5.32 Å². The molecule has 1 N–H and O–H groups in total. The molecule has 1 saturated heterocycles. The van der Waals surface area contributed by atoms with Gasteiger partial charge >= 0.3 is 0 Å². The zero-order chi connectivity index (χ0) is 12.4. The van der Waals surface area contributed by atoms with Crippen molar-refractivity contribution in [3.8, 4) is 0 Å². The van der Waals surface area contributed by atoms with Crippen LogP contribution in [-0.2, 0) is 0 Å². The Labute approximate surface area is 111 Å². The molecule has 1 aliphatic heterocycles. The second kappa shape index (κ2) is 5.44. The van der Waals surface area contributed by atoms with Crippen LogP contribution in [0.1, 0.15) is 68.5 Å². The van der Waals surface area contributed by atoms with Crippen molar-refractivity contribution in [1.82, 2.24) is 5.32 Å². The van der Waals surface area contributed by atoms with Crippen LogP contribution in [0.3, 0.4) is 0 Å². The maximum absolute atomic E-state index is 3.61. The molecule has 1 aromatic rings. The molecule has 2 aliphatic rings. The summed E-state index contributed by atoms with van der Waals surface area (Å²) >= 11 is 0. The van der Waals surface area contributed by atoms with Crippen LogP contribution >= 0.6 is 0 Å². The van der Waals surface area contributed by atoms with Crippen molar-refractivity contribution >= 4 is 0 Å². The lowest BCUT2D eigenvalue weighted by molar-refractivity contribution is 0.348. The Balaban J connectivity index is 1.74. The molecule has 1 aliphatic carbocycles. The molecule has 18 heavy (non-hydrogen) atoms. The smallest absolute Gasteiger partial charge is 0.0320 e. The molecule has 3 rings (SSSR count). The minimum atomic E-state index is 0.618. The molecule has 1 atom stereocenters. The van der Waals surface area contributed by atoms with E-state index < -0.39 is 0 Å². The van der Waals surface area contributed by atoms with Gasteiger partial charge in [0.25, 0.3) is 0 Å². The van der Waals surface area contributed by atoms with E-state index in [2.05, 4.69) is 36.5 Å². The Morgan fingerprint density at radius 3 is 2.50 bits per heavy atom. The van der Waals surface area contributed by atoms with Gasteiger partial charge in [-0.15, -0.1) is 0 Å². The molecule has 1 aromatic carbocycles. The Hall–Kier alpha value is -0.820. The summed E-state index contributed by atoms with van der Waals surface area (Å²) in [5.41, 5.74) is 3.11. The lowest BCUT2D eigenvalue weighted by Gasteiger charge is -2.27. The SMILES string of the molecule is CC1CCC(c2cccc(C3CCCN3)c2)CC1. The summed E-state index contributed by atoms with van der Waals surface area (Å²) in [6.07, 6.45) is 8.25. The van der Waals surface area contributed by atoms with Crippen LogP contribution in [0.2, 0.25) is 0 Å². The van der Waals surface area contributed by atoms with E-state index in [0.29, 0.717) is 6.04 Å². The minimum Gasteiger partial charge on any atom is -0.310 e. The Bertz CT molecular complexity index is 384. The zero-order valence-electron chi connectivity index (χ0n) is 11.5. The monoisotopic (exact) mass is 243 g/mol. The summed E-state index contributed by atoms with van der Waals surface area (Å²) in [6.45, 7) is 3.59. The highest BCUT2D eigenvalue weighted by Crippen LogP contribution is 2.36. The van der Waals surface area contributed by atoms with Crippen molar-refractivity contribution < 1.29 is 0 Å². The quantitative estimate of drug-likeness (QED) is 0.811. The molecule has 0 amide bonds. The van der Waals surface area contributed by atoms with Gasteiger partial charge in [-0.05, 0) is 55.2 Å². The molecule has 0 radical (unpaired) electrons. The van der Waals surface area contributed by atoms with E-state index in [0.717, 1.165) is 11.8 Å². The second-order valence-corrected chi connectivity index (χ2v) is 6.28. The molecule has 0 aromatic heterocycles. The standard InChI is InChI=1S/C17H25N/c1-13-7-9-14(10-8-13)15-4-2-5-16(12-15)17-6-3-11-18-17/h2,4-5,12-14,17-18H,3,6-11H2,1H3. The van der Waals surface area contributed by atoms with Gasteiger partial charge < -0.3 is 5.32 Å². The topological polar surface area (TPSA) is 12.0 Å². The predicted molar refractivity (Wildman–Crippen MR) is 76.8 cm³/mol. The van der Waals surface area contributed by atoms with Gasteiger partial charge in [-0.3, -0.25) is 0 Å². The van der Waals surface area contributed by atoms with Gasteiger partial charge in [0.1, 0.15) is 0 Å². The summed E-state index contributed by atoms with van der Waals surface area (Å²) < 4.78 is 0. The van der Waals surface area contributed by atoms with Gasteiger partial charge in [0.05, 0.1) is 0 Å². The maximum Gasteiger partial charge on any atom is 0.0320 e. The average Bonchev–Trinajstić information content (AvgIpc) is 2.94. The van der Waals surface area contributed by atoms with Crippen LogP contribution in [0.15, 0.2) is 24.3 Å². The highest BCUT2D eigenvalue weighted by atomic mass is 14.9. The lowest BCUT2D eigenvalue weighted by Crippen LogP contribution is -2.14. The second-order valence-electron chi connectivity index (χ2n) is 6.28. The third kappa shape index (κ3) is 2.61. The molecule has 0 bridgehead atoms. The molecule has 1 unspecified atom stereocenters. The molecule has 1 heterocycles. The van der Waals surface area contributed by atoms with Crippen molar-refractivity contribution in [1.29, 1.82) is 0 Å². The van der Waals surface area contributed by atoms with Gasteiger partial charge in [-0.25, -0.2) is 0 Å². The fraction of sp³-hybridized carbons (Fsp3) is 0.647. The predicted octanol–water partition coefficient (Wildman–Crippen LogP) is 4.40. The van der Waals surface area contributed by atoms with E-state index in [1.807, 2.05) is 0 Å². The van der Waals surface area contributed by atoms with E-state index in [9.17, 15) is 0 Å². The molecule has 1 saturated carbocycles. The Morgan fingerprint density at radius 1 is 1.00 bits per heavy atom. The van der Waals surface area contributed by atoms with Gasteiger partial charge in [-0.1, -0.05) is 44.0 Å². The van der Waals surface area contributed by atoms with Crippen molar-refractivity contribution in [2.45, 2.75) is 57.4 Å². The first-order valence-corrected chi connectivity index (χ1v) is 7.66. The molecular weight excluding hydrogens is 218 g/mol. The summed E-state index contributed by atoms with van der Waals surface area (Å²) in [6, 6.07) is 10.0. The number of benzene rings is 1. The Morgan fingerprint density at radius 2 is 1.78 bits per heavy atom. The lowest BCUT2D eigenvalue weighted by atomic mass is 9.79. The highest BCUT2D eigenvalue weighted by Gasteiger charge is 2.21. The largest absolute Gasteiger partial charge is 0.310 e. The van der Waals surface area contributed by atoms with Crippen molar-refractivity contribution in [2.75, 3.05) is 6.54 Å². The first-order chi connectivity index (χ1) is 8.83. The average molecular weight is 243 g/mol. The molecule has 1 nitrogen and oxygen atoms in total. The van der Waals surface area contributed by atoms with Crippen LogP contribution in [0.5, 0.6) is 0 Å². The van der Waals surface area contributed by atoms with E-state index in [4.69, 9.17) is 0 Å². The van der Waals surface area contributed by atoms with Gasteiger partial charge in [0.2, 0.25) is 0 Å². The van der Waals surface area contributed by atoms with Crippen molar-refractivity contribution in [2.24, 2.45) is 5.92 Å². The normalized spacial score (nSPS) is 32.6. The number of hydrogen-bond donors (Lipinski definition) is 1. The van der Waals surface area contributed by atoms with Gasteiger partial charge in [-0.2, -0.15) is 0 Å². The third-order valence-electron chi connectivity index (χ3n) is 4.86. The first-order valence-electron chi connectivity index (χ1n) is 7.66. The summed E-state index contributed by atoms with van der Waals surface area (Å²) in [4.78, 5) is 0. The third-order valence-corrected chi connectivity index (χ3v) is 4.86. The van der Waals surface area contributed by atoms with Crippen molar-refractivity contribution in [3.63, 3.8) is 0 Å². The van der Waals surface area contributed by atoms with Crippen LogP contribution in [0.4, 0.5) is 0 Å². The van der Waals surface area contributed by atoms with E-state index in [1.54, 1.807) is 5.56 Å². The van der Waals surface area contributed by atoms with Crippen LogP contribution in [0, 0.1) is 5.92 Å². The minimum absolute atomic E-state index is 0.618. The molecular formula is C17H25N. The Kier molecular flexibility index (Phi) is 3.69. The van der Waals surface area contributed by atoms with Crippen LogP contribution in [-0.4, -0.2) is 6.54 Å². The van der Waals surface area contributed by atoms with Gasteiger partial charge in [0.15, 0.2) is 0 Å². The maximum atomic E-state index is 3.61. The highest BCUT2D eigenvalue weighted by molar-refractivity contribution is 5.29. The summed E-state index contributed by atoms with van der Waals surface area (Å²) in [7, 11) is 0. The molecule has 0 spiro atoms. The number of rotatable bonds is 2. The fourth-order valence-electron chi connectivity index (χ4n) is 3.59. The molecule has 2 fully saturated rings. The fourth-order valence-corrected chi connectivity index (χ4v) is 3.59. The van der Waals surface area contributed by atoms with E-state index >= 15 is 0 Å². The van der Waals surface area contributed by atoms with E-state index in [1.165, 1.54) is 50.6 Å². The summed E-state index contributed by atoms with van der Waals surface area (Å²) in [5.74, 6) is 1.77. The van der Waals surface area contributed by atoms with Crippen LogP contribution in [0.25, 0.3) is 0 Å². The summed E-state index contributed by atoms with van der Waals surface area (Å²) in [5, 5.41) is 3.61. The van der Waals surface area contributed by atoms with Gasteiger partial charge in [0, 0.05) is 6.04 Å².